The predicted octanol–water partition coefficient (Wildman–Crippen LogP) is 15.1. The second kappa shape index (κ2) is 12.3. The van der Waals surface area contributed by atoms with Crippen LogP contribution in [0.4, 0.5) is 17.1 Å². The summed E-state index contributed by atoms with van der Waals surface area (Å²) >= 11 is 0. The first-order chi connectivity index (χ1) is 26.7. The Balaban J connectivity index is 1.21. The molecule has 0 N–H and O–H groups in total. The summed E-state index contributed by atoms with van der Waals surface area (Å²) in [5.74, 6) is 0. The molecule has 1 heterocycles. The highest BCUT2D eigenvalue weighted by Gasteiger charge is 2.36. The van der Waals surface area contributed by atoms with E-state index in [4.69, 9.17) is 4.42 Å². The van der Waals surface area contributed by atoms with Crippen molar-refractivity contribution in [2.45, 2.75) is 45.4 Å². The van der Waals surface area contributed by atoms with Crippen LogP contribution in [0.15, 0.2) is 174 Å². The van der Waals surface area contributed by atoms with Crippen LogP contribution in [0.5, 0.6) is 0 Å². The largest absolute Gasteiger partial charge is 0.455 e. The van der Waals surface area contributed by atoms with E-state index >= 15 is 0 Å². The van der Waals surface area contributed by atoms with E-state index in [0.717, 1.165) is 50.1 Å². The molecule has 0 spiro atoms. The van der Waals surface area contributed by atoms with Gasteiger partial charge in [-0.05, 0) is 91.5 Å². The van der Waals surface area contributed by atoms with E-state index in [-0.39, 0.29) is 10.8 Å². The lowest BCUT2D eigenvalue weighted by atomic mass is 9.82. The number of anilines is 3. The van der Waals surface area contributed by atoms with E-state index in [1.807, 2.05) is 6.07 Å². The highest BCUT2D eigenvalue weighted by Crippen LogP contribution is 2.52. The van der Waals surface area contributed by atoms with Crippen molar-refractivity contribution in [2.24, 2.45) is 0 Å². The molecule has 1 aromatic heterocycles. The molecule has 0 fully saturated rings. The third-order valence-corrected chi connectivity index (χ3v) is 11.9. The molecule has 2 nitrogen and oxygen atoms in total. The highest BCUT2D eigenvalue weighted by atomic mass is 16.3. The second-order valence-electron chi connectivity index (χ2n) is 16.6. The summed E-state index contributed by atoms with van der Waals surface area (Å²) in [6, 6.07) is 62.3. The lowest BCUT2D eigenvalue weighted by Gasteiger charge is -2.30. The van der Waals surface area contributed by atoms with Gasteiger partial charge in [0.2, 0.25) is 0 Å². The molecule has 55 heavy (non-hydrogen) atoms. The maximum absolute atomic E-state index is 6.73. The van der Waals surface area contributed by atoms with Crippen molar-refractivity contribution in [1.82, 2.24) is 0 Å². The first kappa shape index (κ1) is 33.2. The molecule has 0 atom stereocenters. The Morgan fingerprint density at radius 2 is 1.11 bits per heavy atom. The number of furan rings is 1. The maximum atomic E-state index is 6.73. The van der Waals surface area contributed by atoms with Crippen LogP contribution in [0.25, 0.3) is 66.1 Å². The zero-order chi connectivity index (χ0) is 37.5. The van der Waals surface area contributed by atoms with E-state index in [1.165, 1.54) is 49.7 Å². The van der Waals surface area contributed by atoms with Crippen LogP contribution < -0.4 is 4.90 Å². The molecule has 0 bridgehead atoms. The third-order valence-electron chi connectivity index (χ3n) is 11.9. The smallest absolute Gasteiger partial charge is 0.143 e. The number of hydrogen-bond donors (Lipinski definition) is 0. The molecule has 0 radical (unpaired) electrons. The van der Waals surface area contributed by atoms with Gasteiger partial charge in [0.15, 0.2) is 0 Å². The van der Waals surface area contributed by atoms with Crippen LogP contribution in [0.3, 0.4) is 0 Å². The molecule has 10 rings (SSSR count). The lowest BCUT2D eigenvalue weighted by molar-refractivity contribution is 0.590. The Hall–Kier alpha value is -6.38. The van der Waals surface area contributed by atoms with Crippen LogP contribution in [0, 0.1) is 0 Å². The van der Waals surface area contributed by atoms with Crippen LogP contribution in [0.1, 0.15) is 51.3 Å². The van der Waals surface area contributed by atoms with Gasteiger partial charge in [0.25, 0.3) is 0 Å². The van der Waals surface area contributed by atoms with Crippen LogP contribution in [-0.2, 0) is 10.8 Å². The van der Waals surface area contributed by atoms with Crippen molar-refractivity contribution < 1.29 is 4.42 Å². The zero-order valence-electron chi connectivity index (χ0n) is 32.0. The molecule has 0 amide bonds. The molecule has 8 aromatic carbocycles. The monoisotopic (exact) mass is 709 g/mol. The molecular weight excluding hydrogens is 667 g/mol. The number of fused-ring (bicyclic) bond motifs is 7. The lowest BCUT2D eigenvalue weighted by Crippen LogP contribution is -2.17. The average Bonchev–Trinajstić information content (AvgIpc) is 3.70. The van der Waals surface area contributed by atoms with Crippen molar-refractivity contribution in [3.8, 4) is 33.4 Å². The van der Waals surface area contributed by atoms with Gasteiger partial charge in [-0.3, -0.25) is 0 Å². The number of rotatable bonds is 5. The van der Waals surface area contributed by atoms with Gasteiger partial charge in [-0.1, -0.05) is 168 Å². The van der Waals surface area contributed by atoms with Crippen LogP contribution in [-0.4, -0.2) is 0 Å². The molecule has 2 heteroatoms. The first-order valence-corrected chi connectivity index (χ1v) is 19.3. The zero-order valence-corrected chi connectivity index (χ0v) is 32.0. The van der Waals surface area contributed by atoms with Gasteiger partial charge in [0.05, 0.1) is 5.69 Å². The number of hydrogen-bond acceptors (Lipinski definition) is 2. The summed E-state index contributed by atoms with van der Waals surface area (Å²) < 4.78 is 6.73. The number of nitrogens with zero attached hydrogens (tertiary/aromatic N) is 1. The van der Waals surface area contributed by atoms with Gasteiger partial charge in [-0.15, -0.1) is 0 Å². The fourth-order valence-electron chi connectivity index (χ4n) is 8.90. The van der Waals surface area contributed by atoms with Gasteiger partial charge in [-0.2, -0.15) is 0 Å². The molecule has 0 unspecified atom stereocenters. The molecule has 1 aliphatic rings. The fourth-order valence-corrected chi connectivity index (χ4v) is 8.90. The summed E-state index contributed by atoms with van der Waals surface area (Å²) in [6.45, 7) is 11.5. The van der Waals surface area contributed by atoms with Crippen molar-refractivity contribution in [3.63, 3.8) is 0 Å². The molecule has 9 aromatic rings. The summed E-state index contributed by atoms with van der Waals surface area (Å²) in [5.41, 5.74) is 16.4. The van der Waals surface area contributed by atoms with Gasteiger partial charge in [0, 0.05) is 38.7 Å². The number of para-hydroxylation sites is 2. The Morgan fingerprint density at radius 3 is 1.89 bits per heavy atom. The van der Waals surface area contributed by atoms with E-state index < -0.39 is 0 Å². The second-order valence-corrected chi connectivity index (χ2v) is 16.6. The minimum atomic E-state index is -0.136. The van der Waals surface area contributed by atoms with E-state index in [2.05, 4.69) is 203 Å². The standard InChI is InChI=1S/C53H43NO/c1-52(2,3)37-26-21-34(22-27-37)35-23-28-38(29-24-35)54(39-30-31-42-41-15-8-10-19-46(41)53(4,5)47(42)33-39)48-32-25-36-13-6-7-14-40(36)50(48)45-18-12-17-44-43-16-9-11-20-49(43)55-51(44)45/h6-33H,1-5H3. The molecule has 266 valence electrons. The van der Waals surface area contributed by atoms with Gasteiger partial charge in [0.1, 0.15) is 11.2 Å². The predicted molar refractivity (Wildman–Crippen MR) is 233 cm³/mol. The minimum absolute atomic E-state index is 0.110. The average molecular weight is 710 g/mol. The quantitative estimate of drug-likeness (QED) is 0.177. The normalized spacial score (nSPS) is 13.3. The van der Waals surface area contributed by atoms with E-state index in [0.29, 0.717) is 0 Å². The van der Waals surface area contributed by atoms with Crippen LogP contribution in [0.2, 0.25) is 0 Å². The minimum Gasteiger partial charge on any atom is -0.455 e. The van der Waals surface area contributed by atoms with E-state index in [9.17, 15) is 0 Å². The summed E-state index contributed by atoms with van der Waals surface area (Å²) in [5, 5.41) is 4.62. The Labute approximate surface area is 323 Å². The Kier molecular flexibility index (Phi) is 7.44. The topological polar surface area (TPSA) is 16.4 Å². The van der Waals surface area contributed by atoms with Crippen molar-refractivity contribution in [2.75, 3.05) is 4.90 Å². The molecular formula is C53H43NO. The SMILES string of the molecule is CC(C)(C)c1ccc(-c2ccc(N(c3ccc4c(c3)C(C)(C)c3ccccc3-4)c3ccc4ccccc4c3-c3cccc4c3oc3ccccc34)cc2)cc1. The van der Waals surface area contributed by atoms with Crippen molar-refractivity contribution >= 4 is 49.8 Å². The van der Waals surface area contributed by atoms with Crippen LogP contribution >= 0.6 is 0 Å². The summed E-state index contributed by atoms with van der Waals surface area (Å²) in [7, 11) is 0. The molecule has 0 saturated heterocycles. The van der Waals surface area contributed by atoms with Gasteiger partial charge in [-0.25, -0.2) is 0 Å². The fraction of sp³-hybridized carbons (Fsp3) is 0.132. The van der Waals surface area contributed by atoms with Gasteiger partial charge < -0.3 is 9.32 Å². The van der Waals surface area contributed by atoms with Crippen molar-refractivity contribution in [1.29, 1.82) is 0 Å². The third kappa shape index (κ3) is 5.31. The molecule has 0 aliphatic heterocycles. The highest BCUT2D eigenvalue weighted by molar-refractivity contribution is 6.15. The van der Waals surface area contributed by atoms with E-state index in [1.54, 1.807) is 0 Å². The molecule has 1 aliphatic carbocycles. The summed E-state index contributed by atoms with van der Waals surface area (Å²) in [6.07, 6.45) is 0. The van der Waals surface area contributed by atoms with Gasteiger partial charge >= 0.3 is 0 Å². The Bertz CT molecular complexity index is 2920. The van der Waals surface area contributed by atoms with Crippen molar-refractivity contribution in [3.05, 3.63) is 187 Å². The number of benzene rings is 8. The molecule has 0 saturated carbocycles. The maximum Gasteiger partial charge on any atom is 0.143 e. The summed E-state index contributed by atoms with van der Waals surface area (Å²) in [4.78, 5) is 2.45. The first-order valence-electron chi connectivity index (χ1n) is 19.3. The Morgan fingerprint density at radius 1 is 0.491 bits per heavy atom.